The number of aliphatic carboxylic acids is 1. The van der Waals surface area contributed by atoms with Gasteiger partial charge in [0.25, 0.3) is 0 Å². The fourth-order valence-electron chi connectivity index (χ4n) is 5.18. The summed E-state index contributed by atoms with van der Waals surface area (Å²) >= 11 is 15.2. The molecule has 0 spiro atoms. The number of carboxylic acids is 1. The second-order valence-electron chi connectivity index (χ2n) is 12.7. The highest BCUT2D eigenvalue weighted by molar-refractivity contribution is 7.25. The Kier molecular flexibility index (Phi) is 23.3. The molecule has 67 heavy (non-hydrogen) atoms. The zero-order valence-corrected chi connectivity index (χ0v) is 38.7. The highest BCUT2D eigenvalue weighted by atomic mass is 35.5. The highest BCUT2D eigenvalue weighted by Crippen LogP contribution is 2.37. The molecule has 0 amide bonds. The molecule has 6 aromatic rings. The zero-order chi connectivity index (χ0) is 49.5. The molecule has 2 aromatic heterocycles. The summed E-state index contributed by atoms with van der Waals surface area (Å²) < 4.78 is 70.8. The lowest BCUT2D eigenvalue weighted by molar-refractivity contribution is -0.192. The first-order valence-corrected chi connectivity index (χ1v) is 21.9. The molecule has 0 saturated heterocycles. The lowest BCUT2D eigenvalue weighted by Gasteiger charge is -2.17. The summed E-state index contributed by atoms with van der Waals surface area (Å²) in [6.07, 6.45) is -2.09. The number of carbonyl (C=O) groups is 3. The lowest BCUT2D eigenvalue weighted by atomic mass is 10.2. The molecular formula is C46H43Cl2F3O14S2. The molecule has 2 N–H and O–H groups in total. The van der Waals surface area contributed by atoms with Gasteiger partial charge < -0.3 is 43.4 Å². The Hall–Kier alpha value is -6.06. The van der Waals surface area contributed by atoms with Crippen molar-refractivity contribution in [2.24, 2.45) is 0 Å². The van der Waals surface area contributed by atoms with Gasteiger partial charge in [0.2, 0.25) is 0 Å². The van der Waals surface area contributed by atoms with E-state index in [1.165, 1.54) is 35.0 Å². The van der Waals surface area contributed by atoms with Gasteiger partial charge in [0, 0.05) is 32.3 Å². The average Bonchev–Trinajstić information content (AvgIpc) is 3.30. The Morgan fingerprint density at radius 3 is 1.63 bits per heavy atom. The van der Waals surface area contributed by atoms with E-state index in [-0.39, 0.29) is 36.4 Å². The minimum Gasteiger partial charge on any atom is -0.506 e. The van der Waals surface area contributed by atoms with Gasteiger partial charge in [-0.3, -0.25) is 9.59 Å². The zero-order valence-electron chi connectivity index (χ0n) is 35.5. The number of fused-ring (bicyclic) bond motifs is 4. The number of phenols is 1. The monoisotopic (exact) mass is 1010 g/mol. The number of phenolic OH excluding ortho intramolecular Hbond substituents is 1. The van der Waals surface area contributed by atoms with Crippen LogP contribution in [0.2, 0.25) is 10.0 Å². The Morgan fingerprint density at radius 2 is 1.13 bits per heavy atom. The number of hydrogen-bond acceptors (Lipinski definition) is 15. The number of alkyl halides is 3. The molecule has 0 fully saturated rings. The van der Waals surface area contributed by atoms with E-state index in [9.17, 15) is 37.5 Å². The molecule has 6 rings (SSSR count). The Balaban J connectivity index is 0.000000270. The van der Waals surface area contributed by atoms with Gasteiger partial charge in [0.15, 0.2) is 17.1 Å². The van der Waals surface area contributed by atoms with Crippen LogP contribution in [0, 0.1) is 0 Å². The van der Waals surface area contributed by atoms with E-state index in [1.54, 1.807) is 37.3 Å². The van der Waals surface area contributed by atoms with Crippen molar-refractivity contribution in [3.63, 3.8) is 0 Å². The fraction of sp³-hybridized carbons (Fsp3) is 0.239. The summed E-state index contributed by atoms with van der Waals surface area (Å²) in [5.41, 5.74) is -0.246. The first kappa shape index (κ1) is 55.3. The molecule has 0 radical (unpaired) electrons. The minimum absolute atomic E-state index is 0.0947. The van der Waals surface area contributed by atoms with Crippen LogP contribution in [0.4, 0.5) is 13.2 Å². The molecule has 0 aliphatic rings. The van der Waals surface area contributed by atoms with Gasteiger partial charge in [-0.25, -0.2) is 14.4 Å². The van der Waals surface area contributed by atoms with E-state index in [4.69, 9.17) is 61.5 Å². The molecule has 1 unspecified atom stereocenters. The topological polar surface area (TPSA) is 190 Å². The number of ether oxygens (including phenoxy) is 7. The number of hydrogen-bond donors (Lipinski definition) is 2. The van der Waals surface area contributed by atoms with Crippen LogP contribution in [0.5, 0.6) is 11.5 Å². The largest absolute Gasteiger partial charge is 0.506 e. The van der Waals surface area contributed by atoms with E-state index in [0.717, 1.165) is 21.6 Å². The third-order valence-electron chi connectivity index (χ3n) is 8.15. The molecule has 14 nitrogen and oxygen atoms in total. The second kappa shape index (κ2) is 28.2. The van der Waals surface area contributed by atoms with Crippen LogP contribution < -0.4 is 15.6 Å². The van der Waals surface area contributed by atoms with Gasteiger partial charge in [0.1, 0.15) is 31.3 Å². The number of esters is 2. The molecule has 0 aliphatic carbocycles. The summed E-state index contributed by atoms with van der Waals surface area (Å²) in [5.74, 6) is -3.05. The van der Waals surface area contributed by atoms with Crippen molar-refractivity contribution >= 4 is 104 Å². The van der Waals surface area contributed by atoms with E-state index in [0.29, 0.717) is 79.8 Å². The predicted molar refractivity (Wildman–Crippen MR) is 253 cm³/mol. The Bertz CT molecular complexity index is 2780. The van der Waals surface area contributed by atoms with E-state index >= 15 is 0 Å². The standard InChI is InChI=1S/C22H21ClO6S.C13H7ClO2S.C9H14O4.C2HF3O2/c1-3-19(24)28-13-11-26-10-12-27-14(2)29-17-9-8-16(23)20-21(25)15-6-4-5-7-18(15)30-22(17)20;14-8-5-6-9(15)13-11(8)12(16)7-3-1-2-4-10(7)17-13;1-3-9(10)13-8-7-12-6-5-11-4-2;3-2(4,5)1(6)7/h3-9,14H,1,10-13H2,2H3;1-6,15H;3-4H,1-2,5-8H2;(H,6,7). The quantitative estimate of drug-likeness (QED) is 0.0207. The van der Waals surface area contributed by atoms with Gasteiger partial charge in [-0.2, -0.15) is 13.2 Å². The van der Waals surface area contributed by atoms with Gasteiger partial charge in [0.05, 0.1) is 69.5 Å². The minimum atomic E-state index is -5.08. The molecular weight excluding hydrogens is 969 g/mol. The number of aromatic hydroxyl groups is 1. The van der Waals surface area contributed by atoms with E-state index in [2.05, 4.69) is 24.5 Å². The van der Waals surface area contributed by atoms with Crippen LogP contribution in [0.25, 0.3) is 40.3 Å². The maximum absolute atomic E-state index is 12.9. The first-order chi connectivity index (χ1) is 31.9. The van der Waals surface area contributed by atoms with Crippen molar-refractivity contribution in [3.05, 3.63) is 141 Å². The molecule has 0 aliphatic heterocycles. The molecule has 21 heteroatoms. The van der Waals surface area contributed by atoms with Gasteiger partial charge >= 0.3 is 24.1 Å². The van der Waals surface area contributed by atoms with Crippen LogP contribution in [0.3, 0.4) is 0 Å². The van der Waals surface area contributed by atoms with Crippen molar-refractivity contribution in [1.29, 1.82) is 0 Å². The van der Waals surface area contributed by atoms with Crippen LogP contribution in [0.1, 0.15) is 6.92 Å². The highest BCUT2D eigenvalue weighted by Gasteiger charge is 2.38. The van der Waals surface area contributed by atoms with Crippen molar-refractivity contribution in [2.75, 3.05) is 52.9 Å². The smallest absolute Gasteiger partial charge is 0.490 e. The molecule has 358 valence electrons. The number of halogens is 5. The van der Waals surface area contributed by atoms with Gasteiger partial charge in [-0.05, 0) is 55.5 Å². The van der Waals surface area contributed by atoms with Crippen molar-refractivity contribution in [3.8, 4) is 11.5 Å². The normalized spacial score (nSPS) is 11.1. The number of rotatable bonds is 18. The number of carbonyl (C=O) groups excluding carboxylic acids is 2. The summed E-state index contributed by atoms with van der Waals surface area (Å²) in [7, 11) is 0. The lowest BCUT2D eigenvalue weighted by Crippen LogP contribution is -2.21. The van der Waals surface area contributed by atoms with Crippen LogP contribution in [0.15, 0.2) is 121 Å². The molecule has 4 aromatic carbocycles. The first-order valence-electron chi connectivity index (χ1n) is 19.5. The van der Waals surface area contributed by atoms with E-state index < -0.39 is 30.4 Å². The predicted octanol–water partition coefficient (Wildman–Crippen LogP) is 9.85. The SMILES string of the molecule is C=CC(=O)OCCOCCOC(C)Oc1ccc(Cl)c2c(=O)c3ccccc3sc12.C=COCCOCCOC(=O)C=C.O=C(O)C(F)(F)F.O=c1c2ccccc2sc2c(O)ccc(Cl)c12. The maximum atomic E-state index is 12.9. The summed E-state index contributed by atoms with van der Waals surface area (Å²) in [6, 6.07) is 21.2. The third kappa shape index (κ3) is 17.6. The molecule has 0 bridgehead atoms. The van der Waals surface area contributed by atoms with Crippen molar-refractivity contribution < 1.29 is 70.9 Å². The van der Waals surface area contributed by atoms with E-state index in [1.807, 2.05) is 36.4 Å². The van der Waals surface area contributed by atoms with Crippen LogP contribution in [-0.4, -0.2) is 93.4 Å². The second-order valence-corrected chi connectivity index (χ2v) is 15.7. The van der Waals surface area contributed by atoms with Crippen molar-refractivity contribution in [2.45, 2.75) is 19.4 Å². The summed E-state index contributed by atoms with van der Waals surface area (Å²) in [4.78, 5) is 55.5. The number of benzene rings is 4. The Labute approximate surface area is 398 Å². The summed E-state index contributed by atoms with van der Waals surface area (Å²) in [6.45, 7) is 14.2. The molecule has 0 saturated carbocycles. The third-order valence-corrected chi connectivity index (χ3v) is 11.2. The number of carboxylic acid groups (broad SMARTS) is 1. The van der Waals surface area contributed by atoms with Crippen LogP contribution >= 0.6 is 45.9 Å². The Morgan fingerprint density at radius 1 is 0.687 bits per heavy atom. The molecule has 1 atom stereocenters. The summed E-state index contributed by atoms with van der Waals surface area (Å²) in [5, 5.41) is 19.8. The van der Waals surface area contributed by atoms with Gasteiger partial charge in [-0.1, -0.05) is 67.2 Å². The molecule has 2 heterocycles. The van der Waals surface area contributed by atoms with Gasteiger partial charge in [-0.15, -0.1) is 22.7 Å². The van der Waals surface area contributed by atoms with Crippen LogP contribution in [-0.2, 0) is 42.8 Å². The maximum Gasteiger partial charge on any atom is 0.490 e. The fourth-order valence-corrected chi connectivity index (χ4v) is 8.06. The van der Waals surface area contributed by atoms with Crippen molar-refractivity contribution in [1.82, 2.24) is 0 Å². The average molecular weight is 1010 g/mol.